The van der Waals surface area contributed by atoms with Gasteiger partial charge in [-0.25, -0.2) is 0 Å². The molecule has 1 aromatic carbocycles. The van der Waals surface area contributed by atoms with E-state index in [4.69, 9.17) is 11.5 Å². The van der Waals surface area contributed by atoms with Gasteiger partial charge < -0.3 is 11.5 Å². The minimum atomic E-state index is 0.0127. The smallest absolute Gasteiger partial charge is 0.256 e. The van der Waals surface area contributed by atoms with Gasteiger partial charge >= 0.3 is 0 Å². The van der Waals surface area contributed by atoms with Gasteiger partial charge in [-0.3, -0.25) is 0 Å². The lowest BCUT2D eigenvalue weighted by Crippen LogP contribution is -2.63. The summed E-state index contributed by atoms with van der Waals surface area (Å²) in [5, 5.41) is 6.28. The maximum absolute atomic E-state index is 5.16. The Kier molecular flexibility index (Phi) is 4.09. The second-order valence-corrected chi connectivity index (χ2v) is 3.11. The lowest BCUT2D eigenvalue weighted by atomic mass is 10.1. The van der Waals surface area contributed by atoms with Gasteiger partial charge in [-0.05, 0) is 18.6 Å². The van der Waals surface area contributed by atoms with Crippen LogP contribution in [-0.2, 0) is 0 Å². The number of rotatable bonds is 3. The van der Waals surface area contributed by atoms with Gasteiger partial charge in [0.25, 0.3) is 5.96 Å². The zero-order valence-corrected chi connectivity index (χ0v) is 8.64. The Balaban J connectivity index is 2.69. The van der Waals surface area contributed by atoms with Crippen molar-refractivity contribution in [2.45, 2.75) is 6.92 Å². The topological polar surface area (TPSA) is 78.4 Å². The standard InChI is InChI=1S/C11H14N4/c1-9(8-14-15-11(12)13)7-10-5-3-2-4-6-10/h2-8H,1H3,(H4,12,13,15)/p+1/b9-7+,14-8+. The molecule has 0 aliphatic heterocycles. The lowest BCUT2D eigenvalue weighted by Gasteiger charge is -1.91. The van der Waals surface area contributed by atoms with Crippen LogP contribution in [0.4, 0.5) is 0 Å². The summed E-state index contributed by atoms with van der Waals surface area (Å²) in [6.07, 6.45) is 3.75. The van der Waals surface area contributed by atoms with Crippen LogP contribution in [0.25, 0.3) is 6.08 Å². The van der Waals surface area contributed by atoms with Crippen molar-refractivity contribution in [3.05, 3.63) is 41.5 Å². The number of benzene rings is 1. The fourth-order valence-corrected chi connectivity index (χ4v) is 1.06. The number of guanidine groups is 1. The Bertz CT molecular complexity index is 386. The predicted molar refractivity (Wildman–Crippen MR) is 62.9 cm³/mol. The lowest BCUT2D eigenvalue weighted by molar-refractivity contribution is -0.456. The van der Waals surface area contributed by atoms with Gasteiger partial charge in [-0.15, -0.1) is 5.10 Å². The van der Waals surface area contributed by atoms with E-state index in [1.165, 1.54) is 0 Å². The summed E-state index contributed by atoms with van der Waals surface area (Å²) >= 11 is 0. The molecule has 0 spiro atoms. The fraction of sp³-hybridized carbons (Fsp3) is 0.0909. The van der Waals surface area contributed by atoms with Gasteiger partial charge in [0.15, 0.2) is 6.21 Å². The van der Waals surface area contributed by atoms with Gasteiger partial charge in [-0.1, -0.05) is 30.3 Å². The van der Waals surface area contributed by atoms with E-state index in [0.29, 0.717) is 0 Å². The van der Waals surface area contributed by atoms with Crippen molar-refractivity contribution in [2.24, 2.45) is 16.6 Å². The first-order valence-corrected chi connectivity index (χ1v) is 4.59. The Labute approximate surface area is 89.0 Å². The molecule has 0 aliphatic rings. The first-order valence-electron chi connectivity index (χ1n) is 4.59. The van der Waals surface area contributed by atoms with Crippen LogP contribution in [0.5, 0.6) is 0 Å². The van der Waals surface area contributed by atoms with E-state index in [9.17, 15) is 0 Å². The van der Waals surface area contributed by atoms with Crippen LogP contribution in [0.2, 0.25) is 0 Å². The highest BCUT2D eigenvalue weighted by Gasteiger charge is 1.90. The normalized spacial score (nSPS) is 11.7. The number of nitrogens with two attached hydrogens (primary N) is 2. The van der Waals surface area contributed by atoms with E-state index < -0.39 is 0 Å². The summed E-state index contributed by atoms with van der Waals surface area (Å²) in [7, 11) is 0. The summed E-state index contributed by atoms with van der Waals surface area (Å²) in [5.74, 6) is 0.0127. The van der Waals surface area contributed by atoms with Gasteiger partial charge in [0, 0.05) is 10.7 Å². The molecular weight excluding hydrogens is 188 g/mol. The number of hydrogen-bond acceptors (Lipinski definition) is 1. The number of hydrogen-bond donors (Lipinski definition) is 3. The van der Waals surface area contributed by atoms with Crippen LogP contribution >= 0.6 is 0 Å². The quantitative estimate of drug-likeness (QED) is 0.349. The molecule has 0 amide bonds. The van der Waals surface area contributed by atoms with Crippen molar-refractivity contribution >= 4 is 18.3 Å². The molecule has 0 heterocycles. The Morgan fingerprint density at radius 2 is 1.93 bits per heavy atom. The molecule has 4 heteroatoms. The summed E-state index contributed by atoms with van der Waals surface area (Å²) < 4.78 is 0. The number of nitrogens with zero attached hydrogens (tertiary/aromatic N) is 1. The molecule has 0 atom stereocenters. The first-order chi connectivity index (χ1) is 7.18. The van der Waals surface area contributed by atoms with Crippen LogP contribution in [0.15, 0.2) is 41.0 Å². The molecule has 0 aliphatic carbocycles. The average molecular weight is 203 g/mol. The Hall–Kier alpha value is -2.10. The zero-order valence-electron chi connectivity index (χ0n) is 8.64. The average Bonchev–Trinajstić information content (AvgIpc) is 2.18. The van der Waals surface area contributed by atoms with Crippen LogP contribution < -0.4 is 16.6 Å². The molecule has 0 fully saturated rings. The zero-order chi connectivity index (χ0) is 11.1. The number of allylic oxidation sites excluding steroid dienone is 1. The van der Waals surface area contributed by atoms with Crippen LogP contribution in [-0.4, -0.2) is 12.2 Å². The van der Waals surface area contributed by atoms with Crippen LogP contribution in [0.3, 0.4) is 0 Å². The monoisotopic (exact) mass is 203 g/mol. The Morgan fingerprint density at radius 3 is 2.53 bits per heavy atom. The van der Waals surface area contributed by atoms with E-state index in [-0.39, 0.29) is 5.96 Å². The minimum absolute atomic E-state index is 0.0127. The SMILES string of the molecule is CC(/C=[NH+]/N=C(N)N)=C\c1ccccc1. The summed E-state index contributed by atoms with van der Waals surface area (Å²) in [4.78, 5) is 0. The highest BCUT2D eigenvalue weighted by Crippen LogP contribution is 2.03. The van der Waals surface area contributed by atoms with Crippen molar-refractivity contribution in [2.75, 3.05) is 0 Å². The Morgan fingerprint density at radius 1 is 1.27 bits per heavy atom. The largest absolute Gasteiger partial charge is 0.365 e. The van der Waals surface area contributed by atoms with Crippen molar-refractivity contribution in [3.8, 4) is 0 Å². The summed E-state index contributed by atoms with van der Waals surface area (Å²) in [6.45, 7) is 1.96. The molecule has 0 bridgehead atoms. The van der Waals surface area contributed by atoms with Crippen LogP contribution in [0.1, 0.15) is 12.5 Å². The molecular formula is C11H15N4+. The van der Waals surface area contributed by atoms with E-state index in [0.717, 1.165) is 11.1 Å². The number of nitrogens with one attached hydrogen (secondary N) is 1. The first kappa shape index (κ1) is 11.0. The molecule has 0 radical (unpaired) electrons. The molecule has 0 saturated carbocycles. The third kappa shape index (κ3) is 4.61. The third-order valence-corrected chi connectivity index (χ3v) is 1.68. The summed E-state index contributed by atoms with van der Waals surface area (Å²) in [5.41, 5.74) is 12.5. The summed E-state index contributed by atoms with van der Waals surface area (Å²) in [6, 6.07) is 10.0. The molecule has 15 heavy (non-hydrogen) atoms. The maximum Gasteiger partial charge on any atom is 0.256 e. The highest BCUT2D eigenvalue weighted by molar-refractivity contribution is 5.81. The van der Waals surface area contributed by atoms with E-state index in [1.54, 1.807) is 6.21 Å². The molecule has 0 saturated heterocycles. The molecule has 78 valence electrons. The molecule has 1 rings (SSSR count). The van der Waals surface area contributed by atoms with Gasteiger partial charge in [0.1, 0.15) is 0 Å². The second kappa shape index (κ2) is 5.59. The van der Waals surface area contributed by atoms with Crippen molar-refractivity contribution < 1.29 is 5.10 Å². The fourth-order valence-electron chi connectivity index (χ4n) is 1.06. The highest BCUT2D eigenvalue weighted by atomic mass is 15.3. The molecule has 1 aromatic rings. The van der Waals surface area contributed by atoms with Gasteiger partial charge in [0.05, 0.1) is 0 Å². The van der Waals surface area contributed by atoms with Crippen molar-refractivity contribution in [1.29, 1.82) is 0 Å². The predicted octanol–water partition coefficient (Wildman–Crippen LogP) is -0.570. The van der Waals surface area contributed by atoms with Gasteiger partial charge in [0.2, 0.25) is 0 Å². The number of hydrazone groups is 1. The third-order valence-electron chi connectivity index (χ3n) is 1.68. The maximum atomic E-state index is 5.16. The van der Waals surface area contributed by atoms with E-state index in [1.807, 2.05) is 43.3 Å². The second-order valence-electron chi connectivity index (χ2n) is 3.11. The minimum Gasteiger partial charge on any atom is -0.365 e. The van der Waals surface area contributed by atoms with Gasteiger partial charge in [-0.2, -0.15) is 0 Å². The molecule has 4 nitrogen and oxygen atoms in total. The van der Waals surface area contributed by atoms with E-state index >= 15 is 0 Å². The van der Waals surface area contributed by atoms with E-state index in [2.05, 4.69) is 10.2 Å². The molecule has 0 unspecified atom stereocenters. The molecule has 5 N–H and O–H groups in total. The molecule has 0 aromatic heterocycles. The van der Waals surface area contributed by atoms with Crippen molar-refractivity contribution in [1.82, 2.24) is 0 Å². The van der Waals surface area contributed by atoms with Crippen molar-refractivity contribution in [3.63, 3.8) is 0 Å². The van der Waals surface area contributed by atoms with Crippen LogP contribution in [0, 0.1) is 0 Å².